The maximum Gasteiger partial charge on any atom is 0.303 e. The topological polar surface area (TPSA) is 57.6 Å². The molecule has 98 valence electrons. The van der Waals surface area contributed by atoms with Gasteiger partial charge in [0.05, 0.1) is 0 Å². The molecule has 0 aliphatic heterocycles. The summed E-state index contributed by atoms with van der Waals surface area (Å²) in [4.78, 5) is 23.3. The molecular weight excluding hydrogens is 237 g/mol. The Bertz CT molecular complexity index is 434. The van der Waals surface area contributed by atoms with Gasteiger partial charge in [0.15, 0.2) is 0 Å². The van der Waals surface area contributed by atoms with Crippen molar-refractivity contribution >= 4 is 11.9 Å². The van der Waals surface area contributed by atoms with Crippen LogP contribution in [0.3, 0.4) is 0 Å². The number of rotatable bonds is 6. The fraction of sp³-hybridized carbons (Fsp3) is 0.385. The zero-order chi connectivity index (χ0) is 13.5. The SMILES string of the molecule is CC(=O)N(CCCC(=O)O)Cc1cccc(F)c1. The third-order valence-electron chi connectivity index (χ3n) is 2.53. The molecule has 18 heavy (non-hydrogen) atoms. The largest absolute Gasteiger partial charge is 0.481 e. The second-order valence-corrected chi connectivity index (χ2v) is 4.07. The van der Waals surface area contributed by atoms with Gasteiger partial charge in [0.1, 0.15) is 5.82 Å². The number of nitrogens with zero attached hydrogens (tertiary/aromatic N) is 1. The van der Waals surface area contributed by atoms with Crippen LogP contribution in [0.15, 0.2) is 24.3 Å². The fourth-order valence-electron chi connectivity index (χ4n) is 1.62. The highest BCUT2D eigenvalue weighted by Crippen LogP contribution is 2.08. The Balaban J connectivity index is 2.57. The second kappa shape index (κ2) is 6.74. The van der Waals surface area contributed by atoms with E-state index >= 15 is 0 Å². The van der Waals surface area contributed by atoms with Crippen molar-refractivity contribution in [2.45, 2.75) is 26.3 Å². The molecule has 5 heteroatoms. The first-order valence-electron chi connectivity index (χ1n) is 5.71. The zero-order valence-corrected chi connectivity index (χ0v) is 10.2. The number of hydrogen-bond donors (Lipinski definition) is 1. The van der Waals surface area contributed by atoms with Gasteiger partial charge in [-0.3, -0.25) is 9.59 Å². The quantitative estimate of drug-likeness (QED) is 0.844. The van der Waals surface area contributed by atoms with Gasteiger partial charge in [-0.25, -0.2) is 4.39 Å². The molecule has 0 fully saturated rings. The molecule has 4 nitrogen and oxygen atoms in total. The molecule has 0 spiro atoms. The predicted octanol–water partition coefficient (Wildman–Crippen LogP) is 2.04. The summed E-state index contributed by atoms with van der Waals surface area (Å²) in [6.45, 7) is 2.07. The molecule has 1 rings (SSSR count). The Kier molecular flexibility index (Phi) is 5.30. The highest BCUT2D eigenvalue weighted by atomic mass is 19.1. The molecule has 0 saturated carbocycles. The Morgan fingerprint density at radius 2 is 2.11 bits per heavy atom. The van der Waals surface area contributed by atoms with Gasteiger partial charge in [0.2, 0.25) is 5.91 Å². The number of amides is 1. The van der Waals surface area contributed by atoms with E-state index < -0.39 is 5.97 Å². The maximum atomic E-state index is 13.0. The van der Waals surface area contributed by atoms with Crippen molar-refractivity contribution in [3.05, 3.63) is 35.6 Å². The van der Waals surface area contributed by atoms with Crippen LogP contribution >= 0.6 is 0 Å². The summed E-state index contributed by atoms with van der Waals surface area (Å²) in [6, 6.07) is 6.02. The minimum absolute atomic E-state index is 0.0208. The Morgan fingerprint density at radius 3 is 2.67 bits per heavy atom. The highest BCUT2D eigenvalue weighted by Gasteiger charge is 2.10. The van der Waals surface area contributed by atoms with Crippen LogP contribution in [0.25, 0.3) is 0 Å². The Labute approximate surface area is 105 Å². The van der Waals surface area contributed by atoms with Crippen LogP contribution in [-0.4, -0.2) is 28.4 Å². The van der Waals surface area contributed by atoms with Crippen molar-refractivity contribution in [2.75, 3.05) is 6.54 Å². The number of carboxylic acid groups (broad SMARTS) is 1. The lowest BCUT2D eigenvalue weighted by molar-refractivity contribution is -0.138. The first-order valence-corrected chi connectivity index (χ1v) is 5.71. The first-order chi connectivity index (χ1) is 8.49. The van der Waals surface area contributed by atoms with Gasteiger partial charge < -0.3 is 10.0 Å². The zero-order valence-electron chi connectivity index (χ0n) is 10.2. The number of benzene rings is 1. The first kappa shape index (κ1) is 14.2. The van der Waals surface area contributed by atoms with E-state index in [1.807, 2.05) is 0 Å². The van der Waals surface area contributed by atoms with E-state index in [1.54, 1.807) is 12.1 Å². The summed E-state index contributed by atoms with van der Waals surface area (Å²) in [6.07, 6.45) is 0.414. The molecule has 0 aliphatic carbocycles. The van der Waals surface area contributed by atoms with Crippen LogP contribution in [0.4, 0.5) is 4.39 Å². The molecule has 0 unspecified atom stereocenters. The number of carbonyl (C=O) groups is 2. The Morgan fingerprint density at radius 1 is 1.39 bits per heavy atom. The van der Waals surface area contributed by atoms with Crippen molar-refractivity contribution in [1.29, 1.82) is 0 Å². The smallest absolute Gasteiger partial charge is 0.303 e. The molecule has 0 saturated heterocycles. The van der Waals surface area contributed by atoms with Gasteiger partial charge in [0, 0.05) is 26.4 Å². The third kappa shape index (κ3) is 4.95. The standard InChI is InChI=1S/C13H16FNO3/c1-10(16)15(7-3-6-13(17)18)9-11-4-2-5-12(14)8-11/h2,4-5,8H,3,6-7,9H2,1H3,(H,17,18). The molecule has 1 amide bonds. The fourth-order valence-corrected chi connectivity index (χ4v) is 1.62. The van der Waals surface area contributed by atoms with Gasteiger partial charge in [-0.15, -0.1) is 0 Å². The lowest BCUT2D eigenvalue weighted by Gasteiger charge is -2.20. The predicted molar refractivity (Wildman–Crippen MR) is 64.4 cm³/mol. The van der Waals surface area contributed by atoms with Crippen LogP contribution in [0.5, 0.6) is 0 Å². The van der Waals surface area contributed by atoms with Gasteiger partial charge in [-0.2, -0.15) is 0 Å². The van der Waals surface area contributed by atoms with Crippen molar-refractivity contribution < 1.29 is 19.1 Å². The lowest BCUT2D eigenvalue weighted by atomic mass is 10.2. The van der Waals surface area contributed by atoms with Crippen LogP contribution in [0.2, 0.25) is 0 Å². The normalized spacial score (nSPS) is 10.1. The number of aliphatic carboxylic acids is 1. The molecular formula is C13H16FNO3. The van der Waals surface area contributed by atoms with Crippen molar-refractivity contribution in [2.24, 2.45) is 0 Å². The van der Waals surface area contributed by atoms with Crippen LogP contribution in [-0.2, 0) is 16.1 Å². The molecule has 1 aromatic rings. The molecule has 1 N–H and O–H groups in total. The van der Waals surface area contributed by atoms with Crippen LogP contribution in [0.1, 0.15) is 25.3 Å². The van der Waals surface area contributed by atoms with Crippen molar-refractivity contribution in [3.63, 3.8) is 0 Å². The molecule has 0 heterocycles. The van der Waals surface area contributed by atoms with Gasteiger partial charge in [-0.05, 0) is 24.1 Å². The highest BCUT2D eigenvalue weighted by molar-refractivity contribution is 5.73. The average molecular weight is 253 g/mol. The van der Waals surface area contributed by atoms with E-state index in [0.29, 0.717) is 25.1 Å². The monoisotopic (exact) mass is 253 g/mol. The van der Waals surface area contributed by atoms with E-state index in [0.717, 1.165) is 0 Å². The number of carbonyl (C=O) groups excluding carboxylic acids is 1. The van der Waals surface area contributed by atoms with Crippen LogP contribution in [0, 0.1) is 5.82 Å². The minimum Gasteiger partial charge on any atom is -0.481 e. The summed E-state index contributed by atoms with van der Waals surface area (Å²) in [5, 5.41) is 8.54. The Hall–Kier alpha value is -1.91. The average Bonchev–Trinajstić information content (AvgIpc) is 2.27. The second-order valence-electron chi connectivity index (χ2n) is 4.07. The van der Waals surface area contributed by atoms with E-state index in [-0.39, 0.29) is 18.1 Å². The van der Waals surface area contributed by atoms with Crippen molar-refractivity contribution in [1.82, 2.24) is 4.90 Å². The molecule has 0 bridgehead atoms. The number of halogens is 1. The maximum absolute atomic E-state index is 13.0. The van der Waals surface area contributed by atoms with Gasteiger partial charge >= 0.3 is 5.97 Å². The number of carboxylic acids is 1. The van der Waals surface area contributed by atoms with Crippen LogP contribution < -0.4 is 0 Å². The summed E-state index contributed by atoms with van der Waals surface area (Å²) in [7, 11) is 0. The lowest BCUT2D eigenvalue weighted by Crippen LogP contribution is -2.29. The molecule has 1 aromatic carbocycles. The third-order valence-corrected chi connectivity index (χ3v) is 2.53. The van der Waals surface area contributed by atoms with E-state index in [2.05, 4.69) is 0 Å². The van der Waals surface area contributed by atoms with Gasteiger partial charge in [-0.1, -0.05) is 12.1 Å². The molecule has 0 atom stereocenters. The molecule has 0 aliphatic rings. The number of hydrogen-bond acceptors (Lipinski definition) is 2. The summed E-state index contributed by atoms with van der Waals surface area (Å²) in [5.41, 5.74) is 0.695. The van der Waals surface area contributed by atoms with E-state index in [9.17, 15) is 14.0 Å². The molecule has 0 aromatic heterocycles. The van der Waals surface area contributed by atoms with Gasteiger partial charge in [0.25, 0.3) is 0 Å². The van der Waals surface area contributed by atoms with E-state index in [4.69, 9.17) is 5.11 Å². The summed E-state index contributed by atoms with van der Waals surface area (Å²) < 4.78 is 13.0. The summed E-state index contributed by atoms with van der Waals surface area (Å²) >= 11 is 0. The molecule has 0 radical (unpaired) electrons. The summed E-state index contributed by atoms with van der Waals surface area (Å²) in [5.74, 6) is -1.38. The van der Waals surface area contributed by atoms with Crippen molar-refractivity contribution in [3.8, 4) is 0 Å². The van der Waals surface area contributed by atoms with E-state index in [1.165, 1.54) is 24.0 Å². The minimum atomic E-state index is -0.885.